The van der Waals surface area contributed by atoms with Crippen LogP contribution in [0.4, 0.5) is 13.2 Å². The van der Waals surface area contributed by atoms with E-state index in [1.165, 1.54) is 13.2 Å². The number of aromatic nitrogens is 2. The highest BCUT2D eigenvalue weighted by Gasteiger charge is 2.31. The van der Waals surface area contributed by atoms with E-state index in [4.69, 9.17) is 15.0 Å². The molecule has 0 aliphatic heterocycles. The number of halogens is 3. The van der Waals surface area contributed by atoms with Gasteiger partial charge in [0.25, 0.3) is 0 Å². The van der Waals surface area contributed by atoms with Gasteiger partial charge in [0.1, 0.15) is 11.5 Å². The van der Waals surface area contributed by atoms with Crippen molar-refractivity contribution in [1.29, 1.82) is 0 Å². The fourth-order valence-electron chi connectivity index (χ4n) is 3.29. The lowest BCUT2D eigenvalue weighted by molar-refractivity contribution is -0.137. The van der Waals surface area contributed by atoms with Crippen LogP contribution in [0.1, 0.15) is 28.4 Å². The summed E-state index contributed by atoms with van der Waals surface area (Å²) in [6.07, 6.45) is -4.11. The van der Waals surface area contributed by atoms with Crippen molar-refractivity contribution in [3.05, 3.63) is 81.4 Å². The number of rotatable bonds is 7. The molecular weight excluding hydrogens is 423 g/mol. The maximum Gasteiger partial charge on any atom is 0.416 e. The van der Waals surface area contributed by atoms with Crippen LogP contribution in [0.5, 0.6) is 11.5 Å². The maximum absolute atomic E-state index is 13.0. The predicted octanol–water partition coefficient (Wildman–Crippen LogP) is 6.08. The van der Waals surface area contributed by atoms with E-state index in [-0.39, 0.29) is 5.75 Å². The Balaban J connectivity index is 1.96. The summed E-state index contributed by atoms with van der Waals surface area (Å²) in [6, 6.07) is 11.6. The van der Waals surface area contributed by atoms with E-state index in [2.05, 4.69) is 20.2 Å². The van der Waals surface area contributed by atoms with Crippen LogP contribution in [-0.2, 0) is 12.6 Å². The molecule has 0 radical (unpaired) electrons. The summed E-state index contributed by atoms with van der Waals surface area (Å²) in [5.41, 5.74) is 10.9. The van der Waals surface area contributed by atoms with Gasteiger partial charge in [-0.25, -0.2) is 0 Å². The van der Waals surface area contributed by atoms with Crippen molar-refractivity contribution in [1.82, 2.24) is 10.2 Å². The van der Waals surface area contributed by atoms with Gasteiger partial charge in [0.05, 0.1) is 37.2 Å². The smallest absolute Gasteiger partial charge is 0.416 e. The first-order valence-corrected chi connectivity index (χ1v) is 9.53. The second-order valence-corrected chi connectivity index (χ2v) is 6.99. The van der Waals surface area contributed by atoms with Crippen LogP contribution in [-0.4, -0.2) is 24.4 Å². The number of methoxy groups -OCH3 is 2. The number of nitrogens with zero attached hydrogens (tertiary/aromatic N) is 5. The number of alkyl halides is 3. The van der Waals surface area contributed by atoms with Gasteiger partial charge in [0, 0.05) is 10.5 Å². The second kappa shape index (κ2) is 9.57. The average molecular weight is 443 g/mol. The summed E-state index contributed by atoms with van der Waals surface area (Å²) in [5.74, 6) is 0.710. The third kappa shape index (κ3) is 5.09. The van der Waals surface area contributed by atoms with E-state index in [0.717, 1.165) is 17.7 Å². The van der Waals surface area contributed by atoms with Gasteiger partial charge in [-0.1, -0.05) is 17.2 Å². The van der Waals surface area contributed by atoms with E-state index < -0.39 is 17.8 Å². The van der Waals surface area contributed by atoms with Crippen LogP contribution < -0.4 is 9.47 Å². The molecule has 0 aliphatic carbocycles. The zero-order valence-electron chi connectivity index (χ0n) is 17.6. The molecule has 0 amide bonds. The summed E-state index contributed by atoms with van der Waals surface area (Å²) in [4.78, 5) is 2.92. The SMILES string of the molecule is COc1cccc(CC(N=[N+]=[N-])c2cc(C)c(-c3ccc(C(F)(F)F)cc3OC)nn2)c1. The monoisotopic (exact) mass is 443 g/mol. The number of hydrogen-bond acceptors (Lipinski definition) is 5. The number of aryl methyl sites for hydroxylation is 1. The number of ether oxygens (including phenoxy) is 2. The normalized spacial score (nSPS) is 12.1. The van der Waals surface area contributed by atoms with Gasteiger partial charge >= 0.3 is 6.18 Å². The first kappa shape index (κ1) is 22.9. The summed E-state index contributed by atoms with van der Waals surface area (Å²) in [6.45, 7) is 1.75. The van der Waals surface area contributed by atoms with Crippen molar-refractivity contribution in [3.63, 3.8) is 0 Å². The molecule has 0 saturated carbocycles. The molecule has 2 aromatic carbocycles. The molecule has 10 heteroatoms. The third-order valence-electron chi connectivity index (χ3n) is 4.88. The Morgan fingerprint density at radius 3 is 2.47 bits per heavy atom. The molecule has 0 spiro atoms. The van der Waals surface area contributed by atoms with Crippen LogP contribution in [0.15, 0.2) is 53.6 Å². The molecule has 0 N–H and O–H groups in total. The van der Waals surface area contributed by atoms with E-state index >= 15 is 0 Å². The zero-order chi connectivity index (χ0) is 23.3. The lowest BCUT2D eigenvalue weighted by Crippen LogP contribution is -2.07. The van der Waals surface area contributed by atoms with Crippen molar-refractivity contribution < 1.29 is 22.6 Å². The Labute approximate surface area is 182 Å². The van der Waals surface area contributed by atoms with Crippen molar-refractivity contribution >= 4 is 0 Å². The van der Waals surface area contributed by atoms with Crippen molar-refractivity contribution in [2.45, 2.75) is 25.6 Å². The fourth-order valence-corrected chi connectivity index (χ4v) is 3.29. The molecule has 166 valence electrons. The largest absolute Gasteiger partial charge is 0.497 e. The van der Waals surface area contributed by atoms with E-state index in [0.29, 0.717) is 34.7 Å². The van der Waals surface area contributed by atoms with Gasteiger partial charge in [-0.15, -0.1) is 5.10 Å². The number of hydrogen-bond donors (Lipinski definition) is 0. The van der Waals surface area contributed by atoms with Crippen LogP contribution >= 0.6 is 0 Å². The molecule has 1 unspecified atom stereocenters. The molecule has 3 rings (SSSR count). The van der Waals surface area contributed by atoms with Gasteiger partial charge in [-0.05, 0) is 66.4 Å². The van der Waals surface area contributed by atoms with Crippen LogP contribution in [0.3, 0.4) is 0 Å². The van der Waals surface area contributed by atoms with Crippen molar-refractivity contribution in [2.75, 3.05) is 14.2 Å². The standard InChI is InChI=1S/C22H20F3N5O2/c1-13-9-18(19(28-30-26)11-14-5-4-6-16(10-14)31-2)27-29-21(13)17-8-7-15(22(23,24)25)12-20(17)32-3/h4-10,12,19H,11H2,1-3H3. The number of benzene rings is 2. The average Bonchev–Trinajstić information content (AvgIpc) is 2.78. The van der Waals surface area contributed by atoms with Gasteiger partial charge < -0.3 is 9.47 Å². The van der Waals surface area contributed by atoms with E-state index in [9.17, 15) is 13.2 Å². The van der Waals surface area contributed by atoms with Crippen LogP contribution in [0.25, 0.3) is 21.7 Å². The Hall–Kier alpha value is -3.78. The Morgan fingerprint density at radius 1 is 1.06 bits per heavy atom. The van der Waals surface area contributed by atoms with E-state index in [1.54, 1.807) is 20.1 Å². The third-order valence-corrected chi connectivity index (χ3v) is 4.88. The second-order valence-electron chi connectivity index (χ2n) is 6.99. The molecule has 0 saturated heterocycles. The molecule has 0 aliphatic rings. The summed E-state index contributed by atoms with van der Waals surface area (Å²) in [5, 5.41) is 12.3. The van der Waals surface area contributed by atoms with Crippen molar-refractivity contribution in [2.24, 2.45) is 5.11 Å². The first-order chi connectivity index (χ1) is 15.3. The Kier molecular flexibility index (Phi) is 6.85. The Bertz CT molecular complexity index is 1160. The quantitative estimate of drug-likeness (QED) is 0.251. The Morgan fingerprint density at radius 2 is 1.84 bits per heavy atom. The molecule has 1 heterocycles. The van der Waals surface area contributed by atoms with Gasteiger partial charge in [0.2, 0.25) is 0 Å². The molecule has 32 heavy (non-hydrogen) atoms. The minimum Gasteiger partial charge on any atom is -0.497 e. The predicted molar refractivity (Wildman–Crippen MR) is 112 cm³/mol. The lowest BCUT2D eigenvalue weighted by atomic mass is 10.00. The van der Waals surface area contributed by atoms with Gasteiger partial charge in [-0.3, -0.25) is 0 Å². The zero-order valence-corrected chi connectivity index (χ0v) is 17.6. The summed E-state index contributed by atoms with van der Waals surface area (Å²) < 4.78 is 49.5. The van der Waals surface area contributed by atoms with E-state index in [1.807, 2.05) is 24.3 Å². The molecule has 7 nitrogen and oxygen atoms in total. The number of azide groups is 1. The van der Waals surface area contributed by atoms with Gasteiger partial charge in [0.15, 0.2) is 0 Å². The highest BCUT2D eigenvalue weighted by molar-refractivity contribution is 5.70. The molecule has 0 bridgehead atoms. The van der Waals surface area contributed by atoms with Crippen LogP contribution in [0, 0.1) is 6.92 Å². The van der Waals surface area contributed by atoms with Gasteiger partial charge in [-0.2, -0.15) is 18.3 Å². The topological polar surface area (TPSA) is 93.0 Å². The van der Waals surface area contributed by atoms with Crippen molar-refractivity contribution in [3.8, 4) is 22.8 Å². The highest BCUT2D eigenvalue weighted by Crippen LogP contribution is 2.37. The molecule has 1 aromatic heterocycles. The summed E-state index contributed by atoms with van der Waals surface area (Å²) >= 11 is 0. The lowest BCUT2D eigenvalue weighted by Gasteiger charge is -2.15. The molecule has 3 aromatic rings. The first-order valence-electron chi connectivity index (χ1n) is 9.53. The molecule has 0 fully saturated rings. The summed E-state index contributed by atoms with van der Waals surface area (Å²) in [7, 11) is 2.86. The minimum atomic E-state index is -4.49. The highest BCUT2D eigenvalue weighted by atomic mass is 19.4. The maximum atomic E-state index is 13.0. The van der Waals surface area contributed by atoms with Crippen LogP contribution in [0.2, 0.25) is 0 Å². The fraction of sp³-hybridized carbons (Fsp3) is 0.273. The molecule has 1 atom stereocenters. The molecular formula is C22H20F3N5O2. The minimum absolute atomic E-state index is 0.0351.